The highest BCUT2D eigenvalue weighted by Crippen LogP contribution is 2.09. The van der Waals surface area contributed by atoms with Crippen LogP contribution in [0.1, 0.15) is 39.2 Å². The highest BCUT2D eigenvalue weighted by Gasteiger charge is 2.32. The largest absolute Gasteiger partial charge is 0.355 e. The Morgan fingerprint density at radius 3 is 2.37 bits per heavy atom. The molecule has 2 aromatic rings. The molecule has 46 heavy (non-hydrogen) atoms. The molecule has 0 unspecified atom stereocenters. The summed E-state index contributed by atoms with van der Waals surface area (Å²) in [6.45, 7) is 4.32. The van der Waals surface area contributed by atoms with Gasteiger partial charge in [-0.25, -0.2) is 9.78 Å². The van der Waals surface area contributed by atoms with Gasteiger partial charge in [0, 0.05) is 32.4 Å². The minimum absolute atomic E-state index is 0.0823. The van der Waals surface area contributed by atoms with Crippen molar-refractivity contribution in [2.45, 2.75) is 70.7 Å². The fraction of sp³-hybridized carbons (Fsp3) is 0.484. The monoisotopic (exact) mass is 638 g/mol. The van der Waals surface area contributed by atoms with Gasteiger partial charge in [-0.1, -0.05) is 44.2 Å². The van der Waals surface area contributed by atoms with E-state index >= 15 is 0 Å². The summed E-state index contributed by atoms with van der Waals surface area (Å²) >= 11 is 0. The van der Waals surface area contributed by atoms with Crippen LogP contribution in [0, 0.1) is 5.92 Å². The molecule has 0 aliphatic carbocycles. The van der Waals surface area contributed by atoms with Crippen LogP contribution in [-0.2, 0) is 41.7 Å². The SMILES string of the molecule is CC(C)[C@H]1NC(=O)[C@@H](NC(=O)Cn2cccnc2=O)CCCNC(=O)CN(C)C(=O)[C@H](Cc2ccccc2)NC(=O)[C@@H](C)NC1=O. The number of carbonyl (C=O) groups is 6. The number of hydrogen-bond donors (Lipinski definition) is 5. The number of hydrogen-bond acceptors (Lipinski definition) is 8. The normalized spacial score (nSPS) is 22.5. The maximum absolute atomic E-state index is 13.4. The molecule has 1 saturated heterocycles. The molecule has 4 atom stereocenters. The van der Waals surface area contributed by atoms with E-state index < -0.39 is 71.2 Å². The van der Waals surface area contributed by atoms with Crippen LogP contribution in [0.4, 0.5) is 0 Å². The number of likely N-dealkylation sites (N-methyl/N-ethyl adjacent to an activating group) is 1. The molecule has 0 saturated carbocycles. The van der Waals surface area contributed by atoms with Gasteiger partial charge in [0.25, 0.3) is 0 Å². The Morgan fingerprint density at radius 1 is 0.978 bits per heavy atom. The molecule has 0 bridgehead atoms. The van der Waals surface area contributed by atoms with E-state index in [2.05, 4.69) is 31.6 Å². The lowest BCUT2D eigenvalue weighted by Gasteiger charge is -2.28. The summed E-state index contributed by atoms with van der Waals surface area (Å²) in [7, 11) is 1.45. The zero-order valence-electron chi connectivity index (χ0n) is 26.4. The average Bonchev–Trinajstić information content (AvgIpc) is 3.01. The summed E-state index contributed by atoms with van der Waals surface area (Å²) in [6.07, 6.45) is 3.18. The van der Waals surface area contributed by atoms with E-state index in [9.17, 15) is 33.6 Å². The quantitative estimate of drug-likeness (QED) is 0.251. The third-order valence-electron chi connectivity index (χ3n) is 7.39. The van der Waals surface area contributed by atoms with Crippen LogP contribution >= 0.6 is 0 Å². The Labute approximate surface area is 266 Å². The first kappa shape index (κ1) is 35.4. The Balaban J connectivity index is 1.83. The smallest absolute Gasteiger partial charge is 0.347 e. The predicted octanol–water partition coefficient (Wildman–Crippen LogP) is -1.53. The van der Waals surface area contributed by atoms with Crippen LogP contribution < -0.4 is 32.3 Å². The van der Waals surface area contributed by atoms with Crippen LogP contribution in [0.15, 0.2) is 53.6 Å². The average molecular weight is 639 g/mol. The lowest BCUT2D eigenvalue weighted by Crippen LogP contribution is -2.59. The van der Waals surface area contributed by atoms with Crippen LogP contribution in [-0.4, -0.2) is 94.2 Å². The molecule has 248 valence electrons. The predicted molar refractivity (Wildman–Crippen MR) is 167 cm³/mol. The van der Waals surface area contributed by atoms with Crippen molar-refractivity contribution in [1.82, 2.24) is 41.0 Å². The van der Waals surface area contributed by atoms with Gasteiger partial charge in [-0.2, -0.15) is 0 Å². The summed E-state index contributed by atoms with van der Waals surface area (Å²) in [5.74, 6) is -3.91. The molecule has 3 rings (SSSR count). The van der Waals surface area contributed by atoms with Crippen molar-refractivity contribution < 1.29 is 28.8 Å². The third-order valence-corrected chi connectivity index (χ3v) is 7.39. The molecule has 15 heteroatoms. The minimum atomic E-state index is -1.12. The van der Waals surface area contributed by atoms with Crippen molar-refractivity contribution >= 4 is 35.4 Å². The molecule has 1 aliphatic rings. The molecule has 6 amide bonds. The van der Waals surface area contributed by atoms with Gasteiger partial charge in [-0.05, 0) is 37.3 Å². The van der Waals surface area contributed by atoms with Gasteiger partial charge < -0.3 is 31.5 Å². The molecule has 1 fully saturated rings. The number of aromatic nitrogens is 2. The van der Waals surface area contributed by atoms with Crippen molar-refractivity contribution in [2.75, 3.05) is 20.1 Å². The first-order valence-corrected chi connectivity index (χ1v) is 15.1. The van der Waals surface area contributed by atoms with E-state index in [1.54, 1.807) is 26.0 Å². The fourth-order valence-corrected chi connectivity index (χ4v) is 4.82. The topological polar surface area (TPSA) is 201 Å². The number of rotatable bonds is 6. The van der Waals surface area contributed by atoms with Crippen molar-refractivity contribution in [2.24, 2.45) is 5.92 Å². The molecular formula is C31H42N8O7. The highest BCUT2D eigenvalue weighted by molar-refractivity contribution is 5.96. The first-order valence-electron chi connectivity index (χ1n) is 15.1. The second-order valence-electron chi connectivity index (χ2n) is 11.5. The third kappa shape index (κ3) is 10.5. The number of nitrogens with zero attached hydrogens (tertiary/aromatic N) is 3. The molecule has 1 aromatic heterocycles. The maximum Gasteiger partial charge on any atom is 0.347 e. The van der Waals surface area contributed by atoms with Gasteiger partial charge in [0.05, 0.1) is 6.54 Å². The van der Waals surface area contributed by atoms with Crippen LogP contribution in [0.3, 0.4) is 0 Å². The van der Waals surface area contributed by atoms with Gasteiger partial charge in [0.2, 0.25) is 35.4 Å². The lowest BCUT2D eigenvalue weighted by molar-refractivity contribution is -0.139. The summed E-state index contributed by atoms with van der Waals surface area (Å²) in [6, 6.07) is 6.26. The molecule has 5 N–H and O–H groups in total. The molecule has 15 nitrogen and oxygen atoms in total. The van der Waals surface area contributed by atoms with Gasteiger partial charge in [-0.3, -0.25) is 33.3 Å². The van der Waals surface area contributed by atoms with Gasteiger partial charge in [0.15, 0.2) is 0 Å². The van der Waals surface area contributed by atoms with Crippen molar-refractivity contribution in [3.63, 3.8) is 0 Å². The highest BCUT2D eigenvalue weighted by atomic mass is 16.2. The van der Waals surface area contributed by atoms with Crippen molar-refractivity contribution in [1.29, 1.82) is 0 Å². The first-order chi connectivity index (χ1) is 21.8. The summed E-state index contributed by atoms with van der Waals surface area (Å²) in [5, 5.41) is 13.3. The van der Waals surface area contributed by atoms with Crippen LogP contribution in [0.2, 0.25) is 0 Å². The summed E-state index contributed by atoms with van der Waals surface area (Å²) in [5.41, 5.74) is 0.147. The fourth-order valence-electron chi connectivity index (χ4n) is 4.82. The van der Waals surface area contributed by atoms with Crippen LogP contribution in [0.5, 0.6) is 0 Å². The Morgan fingerprint density at radius 2 is 1.70 bits per heavy atom. The Bertz CT molecular complexity index is 1460. The second-order valence-corrected chi connectivity index (χ2v) is 11.5. The van der Waals surface area contributed by atoms with Gasteiger partial charge in [0.1, 0.15) is 30.7 Å². The van der Waals surface area contributed by atoms with E-state index in [-0.39, 0.29) is 38.9 Å². The molecule has 1 aliphatic heterocycles. The number of amides is 6. The minimum Gasteiger partial charge on any atom is -0.355 e. The lowest BCUT2D eigenvalue weighted by atomic mass is 10.0. The Kier molecular flexibility index (Phi) is 13.0. The maximum atomic E-state index is 13.4. The second kappa shape index (κ2) is 16.8. The number of carbonyl (C=O) groups excluding carboxylic acids is 6. The van der Waals surface area contributed by atoms with E-state index in [1.807, 2.05) is 18.2 Å². The zero-order chi connectivity index (χ0) is 33.8. The molecule has 0 spiro atoms. The standard InChI is InChI=1S/C31H42N8O7/c1-19(2)26-29(44)34-20(3)27(42)36-23(16-21-10-6-5-7-11-21)30(45)38(4)17-24(40)32-13-8-12-22(28(43)37-26)35-25(41)18-39-15-9-14-33-31(39)46/h5-7,9-11,14-15,19-20,22-23,26H,8,12-13,16-18H2,1-4H3,(H,32,40)(H,34,44)(H,35,41)(H,36,42)(H,37,43)/t20-,22+,23+,26-/m1/s1. The van der Waals surface area contributed by atoms with Gasteiger partial charge in [-0.15, -0.1) is 0 Å². The molecule has 0 radical (unpaired) electrons. The van der Waals surface area contributed by atoms with E-state index in [1.165, 1.54) is 37.3 Å². The molecule has 2 heterocycles. The van der Waals surface area contributed by atoms with Crippen LogP contribution in [0.25, 0.3) is 0 Å². The zero-order valence-corrected chi connectivity index (χ0v) is 26.4. The van der Waals surface area contributed by atoms with E-state index in [0.717, 1.165) is 10.1 Å². The summed E-state index contributed by atoms with van der Waals surface area (Å²) in [4.78, 5) is 95.7. The van der Waals surface area contributed by atoms with E-state index in [4.69, 9.17) is 0 Å². The molecule has 1 aromatic carbocycles. The molecular weight excluding hydrogens is 596 g/mol. The number of nitrogens with one attached hydrogen (secondary N) is 5. The van der Waals surface area contributed by atoms with Crippen molar-refractivity contribution in [3.8, 4) is 0 Å². The van der Waals surface area contributed by atoms with Crippen molar-refractivity contribution in [3.05, 3.63) is 64.8 Å². The summed E-state index contributed by atoms with van der Waals surface area (Å²) < 4.78 is 1.08. The number of benzene rings is 1. The van der Waals surface area contributed by atoms with E-state index in [0.29, 0.717) is 0 Å². The van der Waals surface area contributed by atoms with Gasteiger partial charge >= 0.3 is 5.69 Å². The Hall–Kier alpha value is -5.08.